The molecular weight excluding hydrogens is 261 g/mol. The lowest BCUT2D eigenvalue weighted by atomic mass is 10.1. The second-order valence-corrected chi connectivity index (χ2v) is 4.47. The van der Waals surface area contributed by atoms with Crippen molar-refractivity contribution in [2.75, 3.05) is 40.6 Å². The first-order valence-corrected chi connectivity index (χ1v) is 6.85. The summed E-state index contributed by atoms with van der Waals surface area (Å²) < 4.78 is 29.8. The third kappa shape index (κ3) is 5.45. The molecule has 0 fully saturated rings. The minimum Gasteiger partial charge on any atom is -0.491 e. The summed E-state index contributed by atoms with van der Waals surface area (Å²) >= 11 is 0. The molecule has 0 aliphatic rings. The summed E-state index contributed by atoms with van der Waals surface area (Å²) in [6.07, 6.45) is 0.860. The molecule has 1 atom stereocenters. The highest BCUT2D eigenvalue weighted by molar-refractivity contribution is 5.36. The summed E-state index contributed by atoms with van der Waals surface area (Å²) in [5, 5.41) is 3.02. The van der Waals surface area contributed by atoms with Crippen molar-refractivity contribution in [1.29, 1.82) is 0 Å². The molecule has 1 aromatic rings. The Morgan fingerprint density at radius 1 is 1.20 bits per heavy atom. The van der Waals surface area contributed by atoms with Crippen LogP contribution in [0.4, 0.5) is 4.39 Å². The average Bonchev–Trinajstić information content (AvgIpc) is 2.45. The van der Waals surface area contributed by atoms with Gasteiger partial charge < -0.3 is 19.5 Å². The molecule has 0 aliphatic heterocycles. The van der Waals surface area contributed by atoms with Gasteiger partial charge in [0.2, 0.25) is 0 Å². The van der Waals surface area contributed by atoms with E-state index in [9.17, 15) is 4.39 Å². The smallest absolute Gasteiger partial charge is 0.131 e. The highest BCUT2D eigenvalue weighted by atomic mass is 19.1. The van der Waals surface area contributed by atoms with Crippen LogP contribution in [0.25, 0.3) is 0 Å². The molecular formula is C15H24FNO3. The number of benzene rings is 1. The molecule has 5 heteroatoms. The highest BCUT2D eigenvalue weighted by Crippen LogP contribution is 2.27. The molecule has 0 aliphatic carbocycles. The van der Waals surface area contributed by atoms with E-state index >= 15 is 0 Å². The topological polar surface area (TPSA) is 39.7 Å². The Hall–Kier alpha value is -1.17. The molecule has 4 nitrogen and oxygen atoms in total. The van der Waals surface area contributed by atoms with Crippen LogP contribution in [0.5, 0.6) is 5.75 Å². The number of rotatable bonds is 10. The zero-order valence-corrected chi connectivity index (χ0v) is 12.4. The summed E-state index contributed by atoms with van der Waals surface area (Å²) in [5.74, 6) is 0.303. The van der Waals surface area contributed by atoms with Crippen LogP contribution >= 0.6 is 0 Å². The van der Waals surface area contributed by atoms with E-state index in [1.807, 2.05) is 6.92 Å². The minimum atomic E-state index is -0.259. The fourth-order valence-corrected chi connectivity index (χ4v) is 1.83. The fourth-order valence-electron chi connectivity index (χ4n) is 1.83. The third-order valence-electron chi connectivity index (χ3n) is 3.00. The van der Waals surface area contributed by atoms with E-state index in [-0.39, 0.29) is 11.9 Å². The molecule has 1 N–H and O–H groups in total. The van der Waals surface area contributed by atoms with Gasteiger partial charge in [0.05, 0.1) is 6.61 Å². The van der Waals surface area contributed by atoms with Crippen molar-refractivity contribution >= 4 is 0 Å². The van der Waals surface area contributed by atoms with Crippen LogP contribution in [-0.2, 0) is 9.47 Å². The highest BCUT2D eigenvalue weighted by Gasteiger charge is 2.15. The monoisotopic (exact) mass is 285 g/mol. The van der Waals surface area contributed by atoms with Crippen molar-refractivity contribution < 1.29 is 18.6 Å². The molecule has 0 aromatic heterocycles. The van der Waals surface area contributed by atoms with Crippen LogP contribution in [0.2, 0.25) is 0 Å². The zero-order valence-electron chi connectivity index (χ0n) is 12.4. The summed E-state index contributed by atoms with van der Waals surface area (Å²) in [7, 11) is 3.46. The van der Waals surface area contributed by atoms with Crippen LogP contribution in [0.1, 0.15) is 24.9 Å². The van der Waals surface area contributed by atoms with E-state index < -0.39 is 0 Å². The lowest BCUT2D eigenvalue weighted by Gasteiger charge is -2.17. The quantitative estimate of drug-likeness (QED) is 0.671. The molecule has 0 saturated heterocycles. The molecule has 0 heterocycles. The maximum Gasteiger partial charge on any atom is 0.131 e. The number of hydrogen-bond donors (Lipinski definition) is 1. The van der Waals surface area contributed by atoms with Crippen molar-refractivity contribution in [2.45, 2.75) is 19.4 Å². The first-order valence-electron chi connectivity index (χ1n) is 6.85. The van der Waals surface area contributed by atoms with Gasteiger partial charge in [-0.25, -0.2) is 4.39 Å². The molecule has 20 heavy (non-hydrogen) atoms. The molecule has 0 bridgehead atoms. The Labute approximate surface area is 120 Å². The molecule has 0 radical (unpaired) electrons. The van der Waals surface area contributed by atoms with Crippen LogP contribution in [0.3, 0.4) is 0 Å². The van der Waals surface area contributed by atoms with Crippen LogP contribution in [0, 0.1) is 5.82 Å². The first kappa shape index (κ1) is 16.9. The second-order valence-electron chi connectivity index (χ2n) is 4.47. The predicted molar refractivity (Wildman–Crippen MR) is 76.7 cm³/mol. The Balaban J connectivity index is 2.42. The lowest BCUT2D eigenvalue weighted by molar-refractivity contribution is 0.0802. The normalized spacial score (nSPS) is 12.4. The largest absolute Gasteiger partial charge is 0.491 e. The van der Waals surface area contributed by atoms with E-state index in [0.717, 1.165) is 6.42 Å². The molecule has 114 valence electrons. The number of methoxy groups -OCH3 is 1. The van der Waals surface area contributed by atoms with Crippen molar-refractivity contribution in [1.82, 2.24) is 5.32 Å². The number of halogens is 1. The first-order chi connectivity index (χ1) is 9.70. The molecule has 0 saturated carbocycles. The van der Waals surface area contributed by atoms with Crippen molar-refractivity contribution in [3.05, 3.63) is 29.6 Å². The Bertz CT molecular complexity index is 387. The Morgan fingerprint density at radius 2 is 2.00 bits per heavy atom. The van der Waals surface area contributed by atoms with E-state index in [1.165, 1.54) is 6.07 Å². The SMILES string of the molecule is CNC(C)c1c(F)cccc1OCCOCCCOC. The third-order valence-corrected chi connectivity index (χ3v) is 3.00. The van der Waals surface area contributed by atoms with Gasteiger partial charge in [-0.3, -0.25) is 0 Å². The van der Waals surface area contributed by atoms with Gasteiger partial charge in [-0.15, -0.1) is 0 Å². The number of nitrogens with one attached hydrogen (secondary N) is 1. The van der Waals surface area contributed by atoms with Gasteiger partial charge in [0.15, 0.2) is 0 Å². The van der Waals surface area contributed by atoms with Gasteiger partial charge >= 0.3 is 0 Å². The summed E-state index contributed by atoms with van der Waals surface area (Å²) in [5.41, 5.74) is 0.550. The maximum absolute atomic E-state index is 13.8. The molecule has 1 rings (SSSR count). The predicted octanol–water partition coefficient (Wildman–Crippen LogP) is 2.54. The van der Waals surface area contributed by atoms with Crippen LogP contribution < -0.4 is 10.1 Å². The summed E-state index contributed by atoms with van der Waals surface area (Å²) in [4.78, 5) is 0. The lowest BCUT2D eigenvalue weighted by Crippen LogP contribution is -2.16. The number of hydrogen-bond acceptors (Lipinski definition) is 4. The van der Waals surface area contributed by atoms with Gasteiger partial charge in [0.1, 0.15) is 18.2 Å². The fraction of sp³-hybridized carbons (Fsp3) is 0.600. The Kier molecular flexibility index (Phi) is 8.18. The summed E-state index contributed by atoms with van der Waals surface area (Å²) in [6.45, 7) is 4.11. The average molecular weight is 285 g/mol. The number of ether oxygens (including phenoxy) is 3. The molecule has 1 aromatic carbocycles. The molecule has 0 spiro atoms. The van der Waals surface area contributed by atoms with Gasteiger partial charge in [0.25, 0.3) is 0 Å². The van der Waals surface area contributed by atoms with Crippen molar-refractivity contribution in [3.8, 4) is 5.75 Å². The van der Waals surface area contributed by atoms with Gasteiger partial charge in [-0.2, -0.15) is 0 Å². The van der Waals surface area contributed by atoms with Crippen LogP contribution in [-0.4, -0.2) is 40.6 Å². The minimum absolute atomic E-state index is 0.103. The standard InChI is InChI=1S/C15H24FNO3/c1-12(17-2)15-13(16)6-4-7-14(15)20-11-10-19-9-5-8-18-3/h4,6-7,12,17H,5,8-11H2,1-3H3. The van der Waals surface area contributed by atoms with Crippen molar-refractivity contribution in [3.63, 3.8) is 0 Å². The Morgan fingerprint density at radius 3 is 2.70 bits per heavy atom. The van der Waals surface area contributed by atoms with E-state index in [2.05, 4.69) is 5.32 Å². The maximum atomic E-state index is 13.8. The van der Waals surface area contributed by atoms with E-state index in [0.29, 0.717) is 37.7 Å². The van der Waals surface area contributed by atoms with E-state index in [1.54, 1.807) is 26.3 Å². The van der Waals surface area contributed by atoms with Gasteiger partial charge in [0, 0.05) is 31.9 Å². The zero-order chi connectivity index (χ0) is 14.8. The van der Waals surface area contributed by atoms with E-state index in [4.69, 9.17) is 14.2 Å². The molecule has 0 amide bonds. The molecule has 1 unspecified atom stereocenters. The van der Waals surface area contributed by atoms with Crippen molar-refractivity contribution in [2.24, 2.45) is 0 Å². The van der Waals surface area contributed by atoms with Gasteiger partial charge in [-0.1, -0.05) is 6.07 Å². The van der Waals surface area contributed by atoms with Crippen LogP contribution in [0.15, 0.2) is 18.2 Å². The van der Waals surface area contributed by atoms with Gasteiger partial charge in [-0.05, 0) is 32.5 Å². The second kappa shape index (κ2) is 9.69. The summed E-state index contributed by atoms with van der Waals surface area (Å²) in [6, 6.07) is 4.76.